The van der Waals surface area contributed by atoms with E-state index >= 15 is 0 Å². The molecular weight excluding hydrogens is 488 g/mol. The second-order valence-corrected chi connectivity index (χ2v) is 11.3. The molecule has 37 heavy (non-hydrogen) atoms. The predicted octanol–water partition coefficient (Wildman–Crippen LogP) is 5.05. The van der Waals surface area contributed by atoms with Crippen LogP contribution in [0.3, 0.4) is 0 Å². The van der Waals surface area contributed by atoms with E-state index in [4.69, 9.17) is 4.74 Å². The average molecular weight is 517 g/mol. The third kappa shape index (κ3) is 4.44. The van der Waals surface area contributed by atoms with Crippen molar-refractivity contribution in [1.29, 1.82) is 0 Å². The molecule has 1 aromatic carbocycles. The van der Waals surface area contributed by atoms with E-state index in [0.717, 1.165) is 16.8 Å². The summed E-state index contributed by atoms with van der Waals surface area (Å²) < 4.78 is 33.3. The molecule has 0 fully saturated rings. The Bertz CT molecular complexity index is 1660. The highest BCUT2D eigenvalue weighted by Gasteiger charge is 2.38. The summed E-state index contributed by atoms with van der Waals surface area (Å²) >= 11 is 0. The largest absolute Gasteiger partial charge is 0.496 e. The van der Waals surface area contributed by atoms with Crippen LogP contribution in [0.5, 0.6) is 5.75 Å². The fourth-order valence-corrected chi connectivity index (χ4v) is 6.00. The third-order valence-corrected chi connectivity index (χ3v) is 8.77. The Morgan fingerprint density at radius 2 is 1.95 bits per heavy atom. The molecule has 3 aromatic heterocycles. The monoisotopic (exact) mass is 516 g/mol. The van der Waals surface area contributed by atoms with Gasteiger partial charge in [-0.3, -0.25) is 4.98 Å². The number of ether oxygens (including phenoxy) is 1. The first-order chi connectivity index (χ1) is 17.7. The van der Waals surface area contributed by atoms with Gasteiger partial charge in [-0.1, -0.05) is 24.3 Å². The summed E-state index contributed by atoms with van der Waals surface area (Å²) in [6.07, 6.45) is 10.9. The number of hydrogen-bond donors (Lipinski definition) is 2. The number of aryl methyl sites for hydroxylation is 1. The first-order valence-corrected chi connectivity index (χ1v) is 13.2. The summed E-state index contributed by atoms with van der Waals surface area (Å²) in [5.41, 5.74) is 3.39. The smallest absolute Gasteiger partial charge is 0.248 e. The zero-order valence-corrected chi connectivity index (χ0v) is 21.9. The van der Waals surface area contributed by atoms with E-state index in [0.29, 0.717) is 40.7 Å². The van der Waals surface area contributed by atoms with Crippen LogP contribution in [0.15, 0.2) is 73.1 Å². The lowest BCUT2D eigenvalue weighted by Gasteiger charge is -2.27. The van der Waals surface area contributed by atoms with Crippen LogP contribution in [0.4, 0.5) is 17.5 Å². The molecule has 9 nitrogen and oxygen atoms in total. The Hall–Kier alpha value is -4.18. The molecule has 0 amide bonds. The number of aromatic nitrogens is 4. The Balaban J connectivity index is 1.57. The van der Waals surface area contributed by atoms with Crippen LogP contribution < -0.4 is 15.4 Å². The van der Waals surface area contributed by atoms with Gasteiger partial charge in [0.05, 0.1) is 18.3 Å². The minimum absolute atomic E-state index is 0.404. The molecule has 4 aromatic rings. The molecular formula is C27H28N6O3S. The summed E-state index contributed by atoms with van der Waals surface area (Å²) in [7, 11) is -0.345. The molecule has 0 bridgehead atoms. The van der Waals surface area contributed by atoms with Crippen LogP contribution in [-0.2, 0) is 10.0 Å². The molecule has 10 heteroatoms. The molecule has 2 N–H and O–H groups in total. The quantitative estimate of drug-likeness (QED) is 0.351. The van der Waals surface area contributed by atoms with Gasteiger partial charge in [-0.25, -0.2) is 17.4 Å². The molecule has 1 aliphatic rings. The van der Waals surface area contributed by atoms with Crippen molar-refractivity contribution in [3.63, 3.8) is 0 Å². The van der Waals surface area contributed by atoms with Gasteiger partial charge in [0, 0.05) is 47.8 Å². The Labute approximate surface area is 216 Å². The number of allylic oxidation sites excluding steroid dienone is 3. The molecule has 1 unspecified atom stereocenters. The second-order valence-electron chi connectivity index (χ2n) is 9.06. The topological polar surface area (TPSA) is 111 Å². The van der Waals surface area contributed by atoms with Crippen LogP contribution in [0, 0.1) is 6.92 Å². The van der Waals surface area contributed by atoms with Gasteiger partial charge < -0.3 is 15.4 Å². The van der Waals surface area contributed by atoms with Gasteiger partial charge in [0.25, 0.3) is 0 Å². The molecule has 0 radical (unpaired) electrons. The maximum absolute atomic E-state index is 13.7. The number of rotatable bonds is 7. The fraction of sp³-hybridized carbons (Fsp3) is 0.222. The van der Waals surface area contributed by atoms with Crippen molar-refractivity contribution in [3.05, 3.63) is 78.8 Å². The summed E-state index contributed by atoms with van der Waals surface area (Å²) in [4.78, 5) is 13.5. The van der Waals surface area contributed by atoms with E-state index in [-0.39, 0.29) is 0 Å². The van der Waals surface area contributed by atoms with Crippen molar-refractivity contribution in [2.45, 2.75) is 25.0 Å². The normalized spacial score (nSPS) is 17.2. The molecule has 190 valence electrons. The van der Waals surface area contributed by atoms with E-state index in [9.17, 15) is 8.42 Å². The fourth-order valence-electron chi connectivity index (χ4n) is 4.35. The lowest BCUT2D eigenvalue weighted by atomic mass is 10.0. The number of nitrogens with zero attached hydrogens (tertiary/aromatic N) is 4. The molecule has 1 aliphatic carbocycles. The van der Waals surface area contributed by atoms with Crippen molar-refractivity contribution in [2.24, 2.45) is 0 Å². The second kappa shape index (κ2) is 9.36. The number of fused-ring (bicyclic) bond motifs is 1. The Morgan fingerprint density at radius 1 is 1.11 bits per heavy atom. The van der Waals surface area contributed by atoms with Crippen LogP contribution >= 0.6 is 0 Å². The van der Waals surface area contributed by atoms with Crippen molar-refractivity contribution < 1.29 is 13.2 Å². The van der Waals surface area contributed by atoms with Gasteiger partial charge in [0.15, 0.2) is 0 Å². The predicted molar refractivity (Wildman–Crippen MR) is 147 cm³/mol. The number of pyridine rings is 1. The van der Waals surface area contributed by atoms with Gasteiger partial charge in [-0.05, 0) is 50.6 Å². The van der Waals surface area contributed by atoms with Gasteiger partial charge in [-0.15, -0.1) is 0 Å². The molecule has 5 rings (SSSR count). The number of hydrogen-bond acceptors (Lipinski definition) is 8. The highest BCUT2D eigenvalue weighted by Crippen LogP contribution is 2.36. The van der Waals surface area contributed by atoms with Crippen molar-refractivity contribution in [1.82, 2.24) is 18.9 Å². The maximum atomic E-state index is 13.7. The van der Waals surface area contributed by atoms with E-state index in [1.165, 1.54) is 3.97 Å². The van der Waals surface area contributed by atoms with Crippen LogP contribution in [-0.4, -0.2) is 46.2 Å². The molecule has 3 heterocycles. The highest BCUT2D eigenvalue weighted by molar-refractivity contribution is 7.91. The summed E-state index contributed by atoms with van der Waals surface area (Å²) in [5.74, 6) is 1.76. The number of methoxy groups -OCH3 is 1. The summed E-state index contributed by atoms with van der Waals surface area (Å²) in [5, 5.41) is 6.99. The highest BCUT2D eigenvalue weighted by atomic mass is 32.2. The van der Waals surface area contributed by atoms with Crippen molar-refractivity contribution in [2.75, 3.05) is 24.8 Å². The minimum Gasteiger partial charge on any atom is -0.496 e. The number of nitrogens with one attached hydrogen (secondary N) is 2. The Kier molecular flexibility index (Phi) is 6.20. The number of anilines is 3. The van der Waals surface area contributed by atoms with Crippen molar-refractivity contribution >= 4 is 38.4 Å². The van der Waals surface area contributed by atoms with Crippen LogP contribution in [0.2, 0.25) is 0 Å². The van der Waals surface area contributed by atoms with Crippen molar-refractivity contribution in [3.8, 4) is 17.0 Å². The molecule has 0 spiro atoms. The summed E-state index contributed by atoms with van der Waals surface area (Å²) in [6.45, 7) is 3.64. The Morgan fingerprint density at radius 3 is 2.68 bits per heavy atom. The first kappa shape index (κ1) is 24.5. The lowest BCUT2D eigenvalue weighted by Crippen LogP contribution is -2.37. The zero-order chi connectivity index (χ0) is 26.2. The third-order valence-electron chi connectivity index (χ3n) is 6.45. The van der Waals surface area contributed by atoms with Gasteiger partial charge in [-0.2, -0.15) is 4.98 Å². The van der Waals surface area contributed by atoms with E-state index in [1.54, 1.807) is 57.8 Å². The molecule has 0 saturated carbocycles. The average Bonchev–Trinajstić information content (AvgIpc) is 3.33. The van der Waals surface area contributed by atoms with Gasteiger partial charge >= 0.3 is 0 Å². The molecule has 1 atom stereocenters. The van der Waals surface area contributed by atoms with Gasteiger partial charge in [0.1, 0.15) is 16.3 Å². The molecule has 0 aliphatic heterocycles. The zero-order valence-electron chi connectivity index (χ0n) is 21.1. The lowest BCUT2D eigenvalue weighted by molar-refractivity contribution is 0.416. The van der Waals surface area contributed by atoms with Gasteiger partial charge in [0.2, 0.25) is 16.0 Å². The van der Waals surface area contributed by atoms with Crippen LogP contribution in [0.25, 0.3) is 22.2 Å². The maximum Gasteiger partial charge on any atom is 0.248 e. The van der Waals surface area contributed by atoms with E-state index in [1.807, 2.05) is 43.3 Å². The first-order valence-electron chi connectivity index (χ1n) is 11.8. The van der Waals surface area contributed by atoms with Crippen LogP contribution in [0.1, 0.15) is 19.0 Å². The standard InChI is InChI=1S/C27H28N6O3S/c1-18-14-25(28-3)32-26(30-18)31-20-8-9-24(36-4)21(15-20)22-16-23-19(17-29-22)10-13-33(23)37(34,35)27(2)11-6-5-7-12-27/h5-11,13-17H,12H2,1-4H3,(H2,28,30,31,32). The SMILES string of the molecule is CNc1cc(C)nc(Nc2ccc(OC)c(-c3cc4c(ccn4S(=O)(=O)C4(C)C=CC=CC4)cn3)c2)n1. The number of benzene rings is 1. The minimum atomic E-state index is -3.73. The van der Waals surface area contributed by atoms with E-state index < -0.39 is 14.8 Å². The van der Waals surface area contributed by atoms with E-state index in [2.05, 4.69) is 25.6 Å². The molecule has 0 saturated heterocycles. The summed E-state index contributed by atoms with van der Waals surface area (Å²) in [6, 6.07) is 11.0.